The summed E-state index contributed by atoms with van der Waals surface area (Å²) in [6.45, 7) is 2.98. The molecule has 0 aliphatic carbocycles. The molecular weight excluding hydrogens is 362 g/mol. The highest BCUT2D eigenvalue weighted by molar-refractivity contribution is 5.60. The first kappa shape index (κ1) is 18.1. The number of aromatic nitrogens is 3. The molecule has 6 nitrogen and oxygen atoms in total. The van der Waals surface area contributed by atoms with Gasteiger partial charge >= 0.3 is 0 Å². The Balaban J connectivity index is 1.43. The van der Waals surface area contributed by atoms with E-state index in [1.165, 1.54) is 5.56 Å². The molecule has 3 aromatic rings. The zero-order valence-electron chi connectivity index (χ0n) is 16.6. The van der Waals surface area contributed by atoms with Crippen LogP contribution in [0.5, 0.6) is 0 Å². The molecule has 0 N–H and O–H groups in total. The van der Waals surface area contributed by atoms with Crippen molar-refractivity contribution < 1.29 is 0 Å². The van der Waals surface area contributed by atoms with Gasteiger partial charge in [-0.2, -0.15) is 0 Å². The van der Waals surface area contributed by atoms with E-state index in [-0.39, 0.29) is 5.56 Å². The van der Waals surface area contributed by atoms with Gasteiger partial charge in [0.25, 0.3) is 5.56 Å². The van der Waals surface area contributed by atoms with E-state index >= 15 is 0 Å². The van der Waals surface area contributed by atoms with Crippen molar-refractivity contribution in [2.75, 3.05) is 18.0 Å². The third-order valence-corrected chi connectivity index (χ3v) is 6.13. The van der Waals surface area contributed by atoms with Crippen molar-refractivity contribution in [3.05, 3.63) is 76.8 Å². The van der Waals surface area contributed by atoms with Crippen LogP contribution >= 0.6 is 0 Å². The van der Waals surface area contributed by atoms with E-state index in [9.17, 15) is 4.79 Å². The maximum Gasteiger partial charge on any atom is 0.255 e. The van der Waals surface area contributed by atoms with Crippen molar-refractivity contribution in [3.8, 4) is 11.3 Å². The molecule has 5 rings (SSSR count). The van der Waals surface area contributed by atoms with E-state index in [0.29, 0.717) is 12.1 Å². The third-order valence-electron chi connectivity index (χ3n) is 6.13. The molecule has 0 radical (unpaired) electrons. The molecule has 2 bridgehead atoms. The zero-order chi connectivity index (χ0) is 19.8. The molecule has 2 fully saturated rings. The summed E-state index contributed by atoms with van der Waals surface area (Å²) < 4.78 is 1.70. The minimum absolute atomic E-state index is 0.0204. The number of likely N-dealkylation sites (tertiary alicyclic amines) is 1. The van der Waals surface area contributed by atoms with Crippen LogP contribution in [0.4, 0.5) is 5.95 Å². The average Bonchev–Trinajstić information content (AvgIpc) is 3.01. The molecule has 0 unspecified atom stereocenters. The topological polar surface area (TPSA) is 54.3 Å². The molecule has 1 aromatic carbocycles. The summed E-state index contributed by atoms with van der Waals surface area (Å²) in [5, 5.41) is 0. The molecule has 2 aliphatic rings. The number of anilines is 1. The first-order valence-corrected chi connectivity index (χ1v) is 10.2. The van der Waals surface area contributed by atoms with Crippen LogP contribution in [-0.4, -0.2) is 44.6 Å². The van der Waals surface area contributed by atoms with Gasteiger partial charge in [0.15, 0.2) is 0 Å². The summed E-state index contributed by atoms with van der Waals surface area (Å²) in [5.41, 5.74) is 2.98. The number of hydrogen-bond donors (Lipinski definition) is 0. The van der Waals surface area contributed by atoms with Crippen LogP contribution in [0.15, 0.2) is 65.7 Å². The number of rotatable bonds is 4. The van der Waals surface area contributed by atoms with Gasteiger partial charge in [0, 0.05) is 62.8 Å². The number of pyridine rings is 1. The molecule has 0 amide bonds. The van der Waals surface area contributed by atoms with Crippen LogP contribution < -0.4 is 10.5 Å². The lowest BCUT2D eigenvalue weighted by molar-refractivity contribution is 0.209. The Labute approximate surface area is 170 Å². The fraction of sp³-hybridized carbons (Fsp3) is 0.348. The number of benzene rings is 1. The first-order chi connectivity index (χ1) is 14.2. The van der Waals surface area contributed by atoms with Crippen LogP contribution in [-0.2, 0) is 13.6 Å². The predicted octanol–water partition coefficient (Wildman–Crippen LogP) is 2.70. The molecule has 2 aliphatic heterocycles. The van der Waals surface area contributed by atoms with E-state index in [1.807, 2.05) is 19.2 Å². The van der Waals surface area contributed by atoms with Gasteiger partial charge in [-0.1, -0.05) is 30.3 Å². The van der Waals surface area contributed by atoms with Gasteiger partial charge in [-0.3, -0.25) is 19.2 Å². The van der Waals surface area contributed by atoms with Gasteiger partial charge in [0.2, 0.25) is 5.95 Å². The average molecular weight is 387 g/mol. The fourth-order valence-electron chi connectivity index (χ4n) is 4.72. The highest BCUT2D eigenvalue weighted by Crippen LogP contribution is 2.34. The van der Waals surface area contributed by atoms with Crippen molar-refractivity contribution in [1.29, 1.82) is 0 Å². The molecule has 29 heavy (non-hydrogen) atoms. The van der Waals surface area contributed by atoms with Crippen LogP contribution in [0.1, 0.15) is 18.4 Å². The fourth-order valence-corrected chi connectivity index (χ4v) is 4.72. The Hall–Kier alpha value is -2.99. The van der Waals surface area contributed by atoms with Gasteiger partial charge in [0.1, 0.15) is 0 Å². The maximum atomic E-state index is 12.7. The van der Waals surface area contributed by atoms with Crippen molar-refractivity contribution in [3.63, 3.8) is 0 Å². The second-order valence-electron chi connectivity index (χ2n) is 8.05. The van der Waals surface area contributed by atoms with Crippen molar-refractivity contribution >= 4 is 5.95 Å². The largest absolute Gasteiger partial charge is 0.334 e. The monoisotopic (exact) mass is 387 g/mol. The summed E-state index contributed by atoms with van der Waals surface area (Å²) in [4.78, 5) is 26.6. The minimum atomic E-state index is -0.0204. The second-order valence-corrected chi connectivity index (χ2v) is 8.05. The first-order valence-electron chi connectivity index (χ1n) is 10.2. The summed E-state index contributed by atoms with van der Waals surface area (Å²) >= 11 is 0. The van der Waals surface area contributed by atoms with Gasteiger partial charge < -0.3 is 4.90 Å². The Bertz CT molecular complexity index is 1040. The van der Waals surface area contributed by atoms with E-state index in [4.69, 9.17) is 4.98 Å². The summed E-state index contributed by atoms with van der Waals surface area (Å²) in [6, 6.07) is 16.9. The lowest BCUT2D eigenvalue weighted by Gasteiger charge is -2.42. The van der Waals surface area contributed by atoms with Crippen LogP contribution in [0.25, 0.3) is 11.3 Å². The number of nitrogens with zero attached hydrogens (tertiary/aromatic N) is 5. The molecule has 0 saturated carbocycles. The Morgan fingerprint density at radius 2 is 1.69 bits per heavy atom. The lowest BCUT2D eigenvalue weighted by atomic mass is 10.1. The highest BCUT2D eigenvalue weighted by atomic mass is 16.1. The molecular formula is C23H25N5O. The van der Waals surface area contributed by atoms with Crippen molar-refractivity contribution in [2.24, 2.45) is 7.05 Å². The lowest BCUT2D eigenvalue weighted by Crippen LogP contribution is -2.55. The Morgan fingerprint density at radius 1 is 1.00 bits per heavy atom. The summed E-state index contributed by atoms with van der Waals surface area (Å²) in [6.07, 6.45) is 5.76. The summed E-state index contributed by atoms with van der Waals surface area (Å²) in [7, 11) is 1.83. The molecule has 2 atom stereocenters. The number of hydrogen-bond acceptors (Lipinski definition) is 5. The van der Waals surface area contributed by atoms with Crippen LogP contribution in [0.2, 0.25) is 0 Å². The maximum absolute atomic E-state index is 12.7. The van der Waals surface area contributed by atoms with Gasteiger partial charge in [0.05, 0.1) is 5.69 Å². The molecule has 6 heteroatoms. The SMILES string of the molecule is Cn1c(N2[C@@H]3CC[C@H]2CN(Cc2ccccc2)C3)nc(-c2ccncc2)cc1=O. The van der Waals surface area contributed by atoms with E-state index in [1.54, 1.807) is 23.0 Å². The number of fused-ring (bicyclic) bond motifs is 2. The normalized spacial score (nSPS) is 21.5. The van der Waals surface area contributed by atoms with Gasteiger partial charge in [-0.15, -0.1) is 0 Å². The number of piperazine rings is 1. The molecule has 4 heterocycles. The predicted molar refractivity (Wildman–Crippen MR) is 114 cm³/mol. The quantitative estimate of drug-likeness (QED) is 0.689. The molecule has 148 valence electrons. The van der Waals surface area contributed by atoms with Crippen LogP contribution in [0.3, 0.4) is 0 Å². The Kier molecular flexibility index (Phi) is 4.64. The van der Waals surface area contributed by atoms with Crippen molar-refractivity contribution in [2.45, 2.75) is 31.5 Å². The molecule has 2 saturated heterocycles. The molecule has 2 aromatic heterocycles. The van der Waals surface area contributed by atoms with Crippen molar-refractivity contribution in [1.82, 2.24) is 19.4 Å². The smallest absolute Gasteiger partial charge is 0.255 e. The standard InChI is InChI=1S/C23H25N5O/c1-26-22(29)13-21(18-9-11-24-12-10-18)25-23(26)28-19-7-8-20(28)16-27(15-19)14-17-5-3-2-4-6-17/h2-6,9-13,19-20H,7-8,14-16H2,1H3/t19-,20+. The third kappa shape index (κ3) is 3.44. The summed E-state index contributed by atoms with van der Waals surface area (Å²) in [5.74, 6) is 0.788. The second kappa shape index (κ2) is 7.44. The Morgan fingerprint density at radius 3 is 2.38 bits per heavy atom. The molecule has 0 spiro atoms. The van der Waals surface area contributed by atoms with E-state index in [2.05, 4.69) is 45.1 Å². The highest BCUT2D eigenvalue weighted by Gasteiger charge is 2.41. The van der Waals surface area contributed by atoms with Gasteiger partial charge in [-0.25, -0.2) is 4.98 Å². The van der Waals surface area contributed by atoms with Gasteiger partial charge in [-0.05, 0) is 30.5 Å². The van der Waals surface area contributed by atoms with Crippen LogP contribution in [0, 0.1) is 0 Å². The van der Waals surface area contributed by atoms with E-state index < -0.39 is 0 Å². The van der Waals surface area contributed by atoms with E-state index in [0.717, 1.165) is 49.7 Å². The zero-order valence-corrected chi connectivity index (χ0v) is 16.6. The minimum Gasteiger partial charge on any atom is -0.334 e.